The summed E-state index contributed by atoms with van der Waals surface area (Å²) < 4.78 is 5.85. The van der Waals surface area contributed by atoms with E-state index in [4.69, 9.17) is 4.74 Å². The maximum absolute atomic E-state index is 12.4. The number of aryl methyl sites for hydroxylation is 2. The van der Waals surface area contributed by atoms with Crippen molar-refractivity contribution in [2.24, 2.45) is 0 Å². The summed E-state index contributed by atoms with van der Waals surface area (Å²) in [4.78, 5) is 19.6. The molecule has 1 aliphatic rings. The van der Waals surface area contributed by atoms with E-state index in [1.54, 1.807) is 11.3 Å². The summed E-state index contributed by atoms with van der Waals surface area (Å²) in [6.45, 7) is 6.39. The Balaban J connectivity index is 1.56. The molecule has 0 aliphatic carbocycles. The Bertz CT molecular complexity index is 684. The molecule has 24 heavy (non-hydrogen) atoms. The fourth-order valence-electron chi connectivity index (χ4n) is 2.75. The lowest BCUT2D eigenvalue weighted by Gasteiger charge is -2.33. The van der Waals surface area contributed by atoms with Gasteiger partial charge in [-0.25, -0.2) is 9.78 Å². The van der Waals surface area contributed by atoms with Crippen LogP contribution in [-0.2, 0) is 17.7 Å². The van der Waals surface area contributed by atoms with Crippen molar-refractivity contribution < 1.29 is 9.53 Å². The summed E-state index contributed by atoms with van der Waals surface area (Å²) in [6.07, 6.45) is 2.80. The SMILES string of the molecule is CCc1ccc([C@H]2CN(C(=O)NCc3ncc(C)s3)CCO2)cc1. The number of hydrogen-bond acceptors (Lipinski definition) is 4. The minimum absolute atomic E-state index is 0.0543. The molecule has 0 radical (unpaired) electrons. The number of ether oxygens (including phenoxy) is 1. The third-order valence-corrected chi connectivity index (χ3v) is 5.09. The molecule has 0 unspecified atom stereocenters. The van der Waals surface area contributed by atoms with Crippen molar-refractivity contribution in [2.75, 3.05) is 19.7 Å². The van der Waals surface area contributed by atoms with Gasteiger partial charge in [-0.1, -0.05) is 31.2 Å². The smallest absolute Gasteiger partial charge is 0.317 e. The number of amides is 2. The molecule has 1 saturated heterocycles. The van der Waals surface area contributed by atoms with Gasteiger partial charge in [-0.3, -0.25) is 0 Å². The molecule has 1 aromatic carbocycles. The van der Waals surface area contributed by atoms with Gasteiger partial charge in [0.1, 0.15) is 11.1 Å². The summed E-state index contributed by atoms with van der Waals surface area (Å²) in [7, 11) is 0. The summed E-state index contributed by atoms with van der Waals surface area (Å²) in [5, 5.41) is 3.88. The van der Waals surface area contributed by atoms with E-state index >= 15 is 0 Å². The number of rotatable bonds is 4. The van der Waals surface area contributed by atoms with Crippen LogP contribution in [0.1, 0.15) is 34.0 Å². The zero-order chi connectivity index (χ0) is 16.9. The van der Waals surface area contributed by atoms with Crippen LogP contribution in [-0.4, -0.2) is 35.6 Å². The van der Waals surface area contributed by atoms with Gasteiger partial charge in [0, 0.05) is 17.6 Å². The van der Waals surface area contributed by atoms with Crippen LogP contribution < -0.4 is 5.32 Å². The largest absolute Gasteiger partial charge is 0.370 e. The Hall–Kier alpha value is -1.92. The van der Waals surface area contributed by atoms with Crippen LogP contribution in [0.25, 0.3) is 0 Å². The topological polar surface area (TPSA) is 54.5 Å². The van der Waals surface area contributed by atoms with E-state index in [2.05, 4.69) is 41.5 Å². The van der Waals surface area contributed by atoms with Crippen molar-refractivity contribution in [3.05, 3.63) is 51.5 Å². The Morgan fingerprint density at radius 1 is 1.42 bits per heavy atom. The number of morpholine rings is 1. The number of benzene rings is 1. The highest BCUT2D eigenvalue weighted by molar-refractivity contribution is 7.11. The number of carbonyl (C=O) groups excluding carboxylic acids is 1. The number of nitrogens with zero attached hydrogens (tertiary/aromatic N) is 2. The lowest BCUT2D eigenvalue weighted by Crippen LogP contribution is -2.46. The van der Waals surface area contributed by atoms with Gasteiger partial charge in [-0.2, -0.15) is 0 Å². The zero-order valence-electron chi connectivity index (χ0n) is 14.1. The Kier molecular flexibility index (Phi) is 5.48. The van der Waals surface area contributed by atoms with Crippen LogP contribution in [0, 0.1) is 6.92 Å². The zero-order valence-corrected chi connectivity index (χ0v) is 14.9. The third kappa shape index (κ3) is 4.13. The normalized spacial score (nSPS) is 17.8. The average Bonchev–Trinajstić information content (AvgIpc) is 3.05. The summed E-state index contributed by atoms with van der Waals surface area (Å²) in [5.74, 6) is 0. The van der Waals surface area contributed by atoms with Gasteiger partial charge in [-0.15, -0.1) is 11.3 Å². The van der Waals surface area contributed by atoms with E-state index in [0.717, 1.165) is 21.9 Å². The van der Waals surface area contributed by atoms with Crippen molar-refractivity contribution in [1.82, 2.24) is 15.2 Å². The standard InChI is InChI=1S/C18H23N3O2S/c1-3-14-4-6-15(7-5-14)16-12-21(8-9-23-16)18(22)20-11-17-19-10-13(2)24-17/h4-7,10,16H,3,8-9,11-12H2,1-2H3,(H,20,22)/t16-/m1/s1. The van der Waals surface area contributed by atoms with Gasteiger partial charge < -0.3 is 15.0 Å². The van der Waals surface area contributed by atoms with Crippen molar-refractivity contribution in [2.45, 2.75) is 32.9 Å². The molecule has 5 nitrogen and oxygen atoms in total. The number of hydrogen-bond donors (Lipinski definition) is 1. The Labute approximate surface area is 146 Å². The second-order valence-corrected chi connectivity index (χ2v) is 7.24. The van der Waals surface area contributed by atoms with Crippen LogP contribution in [0.5, 0.6) is 0 Å². The number of nitrogens with one attached hydrogen (secondary N) is 1. The van der Waals surface area contributed by atoms with Gasteiger partial charge in [0.2, 0.25) is 0 Å². The van der Waals surface area contributed by atoms with Crippen LogP contribution in [0.4, 0.5) is 4.79 Å². The second-order valence-electron chi connectivity index (χ2n) is 5.92. The molecule has 1 aromatic heterocycles. The number of aromatic nitrogens is 1. The molecular formula is C18H23N3O2S. The summed E-state index contributed by atoms with van der Waals surface area (Å²) >= 11 is 1.61. The molecule has 2 amide bonds. The van der Waals surface area contributed by atoms with Crippen LogP contribution in [0.2, 0.25) is 0 Å². The Morgan fingerprint density at radius 3 is 2.88 bits per heavy atom. The molecular weight excluding hydrogens is 322 g/mol. The van der Waals surface area contributed by atoms with Crippen LogP contribution >= 0.6 is 11.3 Å². The van der Waals surface area contributed by atoms with Crippen molar-refractivity contribution in [3.8, 4) is 0 Å². The highest BCUT2D eigenvalue weighted by atomic mass is 32.1. The average molecular weight is 345 g/mol. The van der Waals surface area contributed by atoms with E-state index in [0.29, 0.717) is 26.2 Å². The minimum atomic E-state index is -0.0579. The number of carbonyl (C=O) groups is 1. The molecule has 2 heterocycles. The lowest BCUT2D eigenvalue weighted by atomic mass is 10.0. The maximum Gasteiger partial charge on any atom is 0.317 e. The lowest BCUT2D eigenvalue weighted by molar-refractivity contribution is -0.0154. The van der Waals surface area contributed by atoms with Crippen molar-refractivity contribution in [3.63, 3.8) is 0 Å². The molecule has 1 aliphatic heterocycles. The fourth-order valence-corrected chi connectivity index (χ4v) is 3.48. The van der Waals surface area contributed by atoms with Crippen LogP contribution in [0.3, 0.4) is 0 Å². The maximum atomic E-state index is 12.4. The number of thiazole rings is 1. The van der Waals surface area contributed by atoms with Gasteiger partial charge >= 0.3 is 6.03 Å². The van der Waals surface area contributed by atoms with Gasteiger partial charge in [0.05, 0.1) is 19.7 Å². The summed E-state index contributed by atoms with van der Waals surface area (Å²) in [5.41, 5.74) is 2.43. The molecule has 2 aromatic rings. The summed E-state index contributed by atoms with van der Waals surface area (Å²) in [6, 6.07) is 8.40. The van der Waals surface area contributed by atoms with E-state index in [1.807, 2.05) is 18.0 Å². The van der Waals surface area contributed by atoms with Crippen molar-refractivity contribution >= 4 is 17.4 Å². The van der Waals surface area contributed by atoms with Gasteiger partial charge in [0.15, 0.2) is 0 Å². The van der Waals surface area contributed by atoms with Gasteiger partial charge in [0.25, 0.3) is 0 Å². The predicted octanol–water partition coefficient (Wildman–Crippen LogP) is 3.30. The monoisotopic (exact) mass is 345 g/mol. The highest BCUT2D eigenvalue weighted by Crippen LogP contribution is 2.23. The molecule has 1 fully saturated rings. The molecule has 6 heteroatoms. The molecule has 0 bridgehead atoms. The van der Waals surface area contributed by atoms with Crippen molar-refractivity contribution in [1.29, 1.82) is 0 Å². The quantitative estimate of drug-likeness (QED) is 0.925. The molecule has 1 N–H and O–H groups in total. The third-order valence-electron chi connectivity index (χ3n) is 4.17. The van der Waals surface area contributed by atoms with E-state index in [9.17, 15) is 4.79 Å². The fraction of sp³-hybridized carbons (Fsp3) is 0.444. The second kappa shape index (κ2) is 7.77. The Morgan fingerprint density at radius 2 is 2.21 bits per heavy atom. The van der Waals surface area contributed by atoms with E-state index in [-0.39, 0.29) is 12.1 Å². The van der Waals surface area contributed by atoms with E-state index < -0.39 is 0 Å². The van der Waals surface area contributed by atoms with Gasteiger partial charge in [-0.05, 0) is 24.5 Å². The molecule has 128 valence electrons. The highest BCUT2D eigenvalue weighted by Gasteiger charge is 2.25. The molecule has 0 spiro atoms. The molecule has 0 saturated carbocycles. The van der Waals surface area contributed by atoms with E-state index in [1.165, 1.54) is 5.56 Å². The molecule has 3 rings (SSSR count). The molecule has 1 atom stereocenters. The first kappa shape index (κ1) is 16.9. The predicted molar refractivity (Wildman–Crippen MR) is 95.2 cm³/mol. The first-order valence-corrected chi connectivity index (χ1v) is 9.12. The number of urea groups is 1. The first-order chi connectivity index (χ1) is 11.7. The minimum Gasteiger partial charge on any atom is -0.370 e. The first-order valence-electron chi connectivity index (χ1n) is 8.30. The van der Waals surface area contributed by atoms with Crippen LogP contribution in [0.15, 0.2) is 30.5 Å².